The summed E-state index contributed by atoms with van der Waals surface area (Å²) in [4.78, 5) is 2.31. The smallest absolute Gasteiger partial charge is 0.224 e. The van der Waals surface area contributed by atoms with Gasteiger partial charge in [0.05, 0.1) is 11.3 Å². The number of rotatable bonds is 1. The molecule has 19 heavy (non-hydrogen) atoms. The van der Waals surface area contributed by atoms with Crippen molar-refractivity contribution in [1.29, 1.82) is 0 Å². The summed E-state index contributed by atoms with van der Waals surface area (Å²) in [5.74, 6) is 0. The zero-order valence-electron chi connectivity index (χ0n) is 11.7. The lowest BCUT2D eigenvalue weighted by Gasteiger charge is -2.24. The van der Waals surface area contributed by atoms with Crippen LogP contribution in [0.5, 0.6) is 0 Å². The summed E-state index contributed by atoms with van der Waals surface area (Å²) in [7, 11) is 2.15. The first-order chi connectivity index (χ1) is 9.15. The molecule has 0 N–H and O–H groups in total. The molecule has 0 unspecified atom stereocenters. The average molecular weight is 251 g/mol. The average Bonchev–Trinajstić information content (AvgIpc) is 2.41. The zero-order chi connectivity index (χ0) is 13.4. The molecule has 0 radical (unpaired) electrons. The Bertz CT molecular complexity index is 642. The van der Waals surface area contributed by atoms with Crippen molar-refractivity contribution < 1.29 is 4.58 Å². The number of hydrogen-bond acceptors (Lipinski definition) is 1. The van der Waals surface area contributed by atoms with E-state index < -0.39 is 0 Å². The van der Waals surface area contributed by atoms with E-state index >= 15 is 0 Å². The zero-order valence-corrected chi connectivity index (χ0v) is 11.7. The number of fused-ring (bicyclic) bond motifs is 1. The van der Waals surface area contributed by atoms with Crippen molar-refractivity contribution in [3.63, 3.8) is 0 Å². The van der Waals surface area contributed by atoms with Crippen LogP contribution in [0.15, 0.2) is 42.5 Å². The molecule has 96 valence electrons. The molecule has 0 amide bonds. The largest absolute Gasteiger partial charge is 0.319 e. The van der Waals surface area contributed by atoms with E-state index in [2.05, 4.69) is 79.0 Å². The predicted octanol–water partition coefficient (Wildman–Crippen LogP) is 3.47. The van der Waals surface area contributed by atoms with Crippen molar-refractivity contribution in [2.45, 2.75) is 13.8 Å². The van der Waals surface area contributed by atoms with Crippen LogP contribution >= 0.6 is 0 Å². The summed E-state index contributed by atoms with van der Waals surface area (Å²) in [6, 6.07) is 15.0. The first-order valence-electron chi connectivity index (χ1n) is 6.64. The van der Waals surface area contributed by atoms with Crippen LogP contribution in [0.4, 0.5) is 11.4 Å². The maximum absolute atomic E-state index is 2.31. The minimum atomic E-state index is 0.889. The van der Waals surface area contributed by atoms with Gasteiger partial charge < -0.3 is 4.90 Å². The summed E-state index contributed by atoms with van der Waals surface area (Å²) < 4.78 is 2.30. The van der Waals surface area contributed by atoms with Gasteiger partial charge in [-0.1, -0.05) is 24.3 Å². The van der Waals surface area contributed by atoms with E-state index in [-0.39, 0.29) is 0 Å². The van der Waals surface area contributed by atoms with Crippen LogP contribution in [0.25, 0.3) is 0 Å². The molecule has 0 aromatic heterocycles. The Labute approximate surface area is 114 Å². The highest BCUT2D eigenvalue weighted by atomic mass is 15.3. The van der Waals surface area contributed by atoms with Crippen molar-refractivity contribution >= 4 is 17.6 Å². The fourth-order valence-electron chi connectivity index (χ4n) is 2.72. The second-order valence-corrected chi connectivity index (χ2v) is 5.29. The molecular formula is C17H19N2+. The highest BCUT2D eigenvalue weighted by Gasteiger charge is 2.23. The van der Waals surface area contributed by atoms with E-state index in [0.29, 0.717) is 0 Å². The van der Waals surface area contributed by atoms with Gasteiger partial charge in [-0.15, -0.1) is 0 Å². The number of anilines is 1. The number of hydrogen-bond donors (Lipinski definition) is 0. The Morgan fingerprint density at radius 2 is 1.79 bits per heavy atom. The van der Waals surface area contributed by atoms with Crippen molar-refractivity contribution in [1.82, 2.24) is 0 Å². The van der Waals surface area contributed by atoms with Gasteiger partial charge in [-0.2, -0.15) is 4.58 Å². The summed E-state index contributed by atoms with van der Waals surface area (Å²) in [5.41, 5.74) is 6.54. The number of nitrogens with zero attached hydrogens (tertiary/aromatic N) is 2. The van der Waals surface area contributed by atoms with E-state index in [1.807, 2.05) is 0 Å². The second kappa shape index (κ2) is 4.54. The molecule has 0 bridgehead atoms. The first kappa shape index (κ1) is 12.0. The standard InChI is InChI=1S/C17H19N2/c1-13-9-14(2)16-11-19(12-18(3)17(16)10-13)15-7-5-4-6-8-15/h4-11H,12H2,1-3H3/q+1. The Kier molecular flexibility index (Phi) is 2.86. The van der Waals surface area contributed by atoms with Gasteiger partial charge in [0.25, 0.3) is 0 Å². The maximum Gasteiger partial charge on any atom is 0.224 e. The van der Waals surface area contributed by atoms with E-state index in [4.69, 9.17) is 0 Å². The van der Waals surface area contributed by atoms with Crippen LogP contribution in [-0.4, -0.2) is 24.5 Å². The van der Waals surface area contributed by atoms with Gasteiger partial charge in [0.15, 0.2) is 6.21 Å². The molecule has 2 nitrogen and oxygen atoms in total. The molecule has 3 rings (SSSR count). The molecule has 1 heterocycles. The molecule has 0 saturated heterocycles. The molecule has 0 aliphatic carbocycles. The highest BCUT2D eigenvalue weighted by Crippen LogP contribution is 2.27. The summed E-state index contributed by atoms with van der Waals surface area (Å²) in [6.07, 6.45) is 2.26. The lowest BCUT2D eigenvalue weighted by molar-refractivity contribution is -0.435. The number of aryl methyl sites for hydroxylation is 2. The SMILES string of the molecule is Cc1cc(C)c2c(c1)N(C)C[N+](c1ccccc1)=C2. The van der Waals surface area contributed by atoms with Crippen LogP contribution in [0.1, 0.15) is 16.7 Å². The normalized spacial score (nSPS) is 14.1. The minimum absolute atomic E-state index is 0.889. The van der Waals surface area contributed by atoms with Crippen molar-refractivity contribution in [2.24, 2.45) is 0 Å². The van der Waals surface area contributed by atoms with Gasteiger partial charge >= 0.3 is 0 Å². The molecular weight excluding hydrogens is 232 g/mol. The van der Waals surface area contributed by atoms with Gasteiger partial charge in [-0.05, 0) is 31.0 Å². The van der Waals surface area contributed by atoms with Crippen LogP contribution in [-0.2, 0) is 0 Å². The van der Waals surface area contributed by atoms with E-state index in [9.17, 15) is 0 Å². The molecule has 2 aromatic rings. The molecule has 1 aliphatic rings. The third-order valence-corrected chi connectivity index (χ3v) is 3.66. The number of para-hydroxylation sites is 1. The maximum atomic E-state index is 2.31. The summed E-state index contributed by atoms with van der Waals surface area (Å²) in [5, 5.41) is 0. The Morgan fingerprint density at radius 1 is 1.05 bits per heavy atom. The number of benzene rings is 2. The van der Waals surface area contributed by atoms with Crippen LogP contribution < -0.4 is 4.90 Å². The lowest BCUT2D eigenvalue weighted by atomic mass is 10.0. The minimum Gasteiger partial charge on any atom is -0.319 e. The van der Waals surface area contributed by atoms with E-state index in [1.165, 1.54) is 28.1 Å². The van der Waals surface area contributed by atoms with Gasteiger partial charge in [0, 0.05) is 19.2 Å². The predicted molar refractivity (Wildman–Crippen MR) is 80.7 cm³/mol. The fraction of sp³-hybridized carbons (Fsp3) is 0.235. The Morgan fingerprint density at radius 3 is 2.53 bits per heavy atom. The Hall–Kier alpha value is -2.09. The molecule has 0 saturated carbocycles. The van der Waals surface area contributed by atoms with Gasteiger partial charge in [-0.25, -0.2) is 0 Å². The molecule has 0 fully saturated rings. The fourth-order valence-corrected chi connectivity index (χ4v) is 2.72. The van der Waals surface area contributed by atoms with Crippen LogP contribution in [0, 0.1) is 13.8 Å². The summed E-state index contributed by atoms with van der Waals surface area (Å²) >= 11 is 0. The third-order valence-electron chi connectivity index (χ3n) is 3.66. The second-order valence-electron chi connectivity index (χ2n) is 5.29. The third kappa shape index (κ3) is 2.14. The lowest BCUT2D eigenvalue weighted by Crippen LogP contribution is -2.32. The van der Waals surface area contributed by atoms with Crippen LogP contribution in [0.2, 0.25) is 0 Å². The van der Waals surface area contributed by atoms with Crippen molar-refractivity contribution in [3.8, 4) is 0 Å². The molecule has 0 atom stereocenters. The van der Waals surface area contributed by atoms with E-state index in [0.717, 1.165) is 6.67 Å². The summed E-state index contributed by atoms with van der Waals surface area (Å²) in [6.45, 7) is 5.23. The van der Waals surface area contributed by atoms with Gasteiger partial charge in [0.2, 0.25) is 12.4 Å². The molecule has 0 spiro atoms. The monoisotopic (exact) mass is 251 g/mol. The van der Waals surface area contributed by atoms with E-state index in [1.54, 1.807) is 0 Å². The van der Waals surface area contributed by atoms with Gasteiger partial charge in [0.1, 0.15) is 0 Å². The quantitative estimate of drug-likeness (QED) is 0.703. The van der Waals surface area contributed by atoms with Crippen molar-refractivity contribution in [3.05, 3.63) is 59.2 Å². The van der Waals surface area contributed by atoms with Crippen molar-refractivity contribution in [2.75, 3.05) is 18.6 Å². The molecule has 1 aliphatic heterocycles. The first-order valence-corrected chi connectivity index (χ1v) is 6.64. The Balaban J connectivity index is 2.14. The molecule has 2 heteroatoms. The molecule has 2 aromatic carbocycles. The topological polar surface area (TPSA) is 6.25 Å². The van der Waals surface area contributed by atoms with Gasteiger partial charge in [-0.3, -0.25) is 0 Å². The highest BCUT2D eigenvalue weighted by molar-refractivity contribution is 5.89. The van der Waals surface area contributed by atoms with Crippen LogP contribution in [0.3, 0.4) is 0 Å².